The Bertz CT molecular complexity index is 2530. The molecule has 0 N–H and O–H groups in total. The van der Waals surface area contributed by atoms with Gasteiger partial charge in [-0.25, -0.2) is 15.0 Å². The van der Waals surface area contributed by atoms with E-state index in [1.54, 1.807) is 12.1 Å². The minimum absolute atomic E-state index is 0.220. The van der Waals surface area contributed by atoms with Crippen LogP contribution in [0.3, 0.4) is 0 Å². The lowest BCUT2D eigenvalue weighted by molar-refractivity contribution is 0.0781. The molecule has 0 spiro atoms. The molecule has 2 saturated carbocycles. The maximum absolute atomic E-state index is 9.57. The van der Waals surface area contributed by atoms with E-state index in [1.165, 1.54) is 48.4 Å². The van der Waals surface area contributed by atoms with Gasteiger partial charge in [0.1, 0.15) is 0 Å². The second-order valence-electron chi connectivity index (χ2n) is 15.3. The maximum Gasteiger partial charge on any atom is 0.164 e. The van der Waals surface area contributed by atoms with E-state index in [0.29, 0.717) is 28.6 Å². The number of fused-ring (bicyclic) bond motifs is 5. The maximum atomic E-state index is 9.57. The van der Waals surface area contributed by atoms with Crippen molar-refractivity contribution in [1.82, 2.24) is 19.5 Å². The lowest BCUT2D eigenvalue weighted by Gasteiger charge is -2.50. The van der Waals surface area contributed by atoms with E-state index in [2.05, 4.69) is 67.0 Å². The predicted octanol–water partition coefficient (Wildman–Crippen LogP) is 10.8. The normalized spacial score (nSPS) is 21.1. The molecule has 4 atom stereocenters. The number of nitriles is 2. The van der Waals surface area contributed by atoms with Crippen molar-refractivity contribution in [3.8, 4) is 52.0 Å². The average Bonchev–Trinajstić information content (AvgIpc) is 3.50. The molecule has 2 bridgehead atoms. The van der Waals surface area contributed by atoms with Gasteiger partial charge in [0.15, 0.2) is 17.5 Å². The smallest absolute Gasteiger partial charge is 0.164 e. The Kier molecular flexibility index (Phi) is 7.71. The summed E-state index contributed by atoms with van der Waals surface area (Å²) in [6, 6.07) is 43.4. The number of nitrogens with zero attached hydrogens (tertiary/aromatic N) is 6. The molecule has 5 aromatic carbocycles. The fourth-order valence-electron chi connectivity index (χ4n) is 9.56. The summed E-state index contributed by atoms with van der Waals surface area (Å²) in [5.74, 6) is 3.99. The van der Waals surface area contributed by atoms with Gasteiger partial charge in [0, 0.05) is 33.2 Å². The van der Waals surface area contributed by atoms with Crippen LogP contribution in [0.15, 0.2) is 115 Å². The summed E-state index contributed by atoms with van der Waals surface area (Å²) in [6.07, 6.45) is 6.50. The standard InChI is InChI=1S/C46H38N6/c1-29-20-33-21-30(2)25-46(24-29,26-33)37-15-19-41-40(23-37)39-18-14-36(22-42(39)52(41)38-16-10-32(28-48)11-17-38)45-50-43(34-6-4-3-5-7-34)49-44(51-45)35-12-8-31(27-47)9-13-35/h3-19,22-23,29-30,33H,20-21,24-26H2,1-2H3/t29-,30+,33?,46?. The fourth-order valence-corrected chi connectivity index (χ4v) is 9.56. The first-order valence-electron chi connectivity index (χ1n) is 18.3. The van der Waals surface area contributed by atoms with Crippen LogP contribution >= 0.6 is 0 Å². The van der Waals surface area contributed by atoms with E-state index < -0.39 is 0 Å². The van der Waals surface area contributed by atoms with Gasteiger partial charge in [-0.2, -0.15) is 10.5 Å². The summed E-state index contributed by atoms with van der Waals surface area (Å²) in [7, 11) is 0. The Morgan fingerprint density at radius 1 is 0.577 bits per heavy atom. The monoisotopic (exact) mass is 674 g/mol. The molecule has 0 radical (unpaired) electrons. The summed E-state index contributed by atoms with van der Waals surface area (Å²) in [4.78, 5) is 14.9. The average molecular weight is 675 g/mol. The molecule has 6 heteroatoms. The molecule has 0 amide bonds. The molecule has 2 heterocycles. The van der Waals surface area contributed by atoms with Crippen LogP contribution in [-0.2, 0) is 5.41 Å². The van der Waals surface area contributed by atoms with Crippen molar-refractivity contribution in [1.29, 1.82) is 10.5 Å². The molecule has 2 aliphatic carbocycles. The lowest BCUT2D eigenvalue weighted by atomic mass is 9.54. The second kappa shape index (κ2) is 12.6. The first-order chi connectivity index (χ1) is 25.4. The van der Waals surface area contributed by atoms with Crippen LogP contribution in [0.1, 0.15) is 62.6 Å². The summed E-state index contributed by atoms with van der Waals surface area (Å²) < 4.78 is 2.31. The third-order valence-electron chi connectivity index (χ3n) is 11.5. The Labute approximate surface area is 304 Å². The van der Waals surface area contributed by atoms with Gasteiger partial charge in [-0.15, -0.1) is 0 Å². The van der Waals surface area contributed by atoms with Gasteiger partial charge in [-0.3, -0.25) is 0 Å². The van der Waals surface area contributed by atoms with Gasteiger partial charge in [-0.05, 0) is 128 Å². The molecule has 252 valence electrons. The minimum Gasteiger partial charge on any atom is -0.309 e. The van der Waals surface area contributed by atoms with E-state index in [0.717, 1.165) is 51.2 Å². The SMILES string of the molecule is C[C@@H]1CC2C[C@H](C)CC(c3ccc4c(c3)c3ccc(-c5nc(-c6ccccc6)nc(-c6ccc(C#N)cc6)n5)cc3n4-c3ccc(C#N)cc3)(C2)C1. The molecule has 0 aliphatic heterocycles. The van der Waals surface area contributed by atoms with Crippen molar-refractivity contribution < 1.29 is 0 Å². The minimum atomic E-state index is 0.220. The fraction of sp³-hybridized carbons (Fsp3) is 0.239. The zero-order valence-electron chi connectivity index (χ0n) is 29.4. The molecule has 0 saturated heterocycles. The van der Waals surface area contributed by atoms with Crippen LogP contribution in [0.4, 0.5) is 0 Å². The van der Waals surface area contributed by atoms with E-state index in [9.17, 15) is 10.5 Å². The van der Waals surface area contributed by atoms with E-state index in [1.807, 2.05) is 66.7 Å². The molecule has 6 nitrogen and oxygen atoms in total. The molecule has 7 aromatic rings. The number of rotatable bonds is 5. The Morgan fingerprint density at radius 2 is 1.15 bits per heavy atom. The summed E-state index contributed by atoms with van der Waals surface area (Å²) in [5, 5.41) is 21.4. The highest BCUT2D eigenvalue weighted by Gasteiger charge is 2.45. The molecule has 2 aromatic heterocycles. The number of hydrogen-bond donors (Lipinski definition) is 0. The van der Waals surface area contributed by atoms with Gasteiger partial charge < -0.3 is 4.57 Å². The number of aromatic nitrogens is 4. The Morgan fingerprint density at radius 3 is 1.79 bits per heavy atom. The highest BCUT2D eigenvalue weighted by Crippen LogP contribution is 2.54. The zero-order chi connectivity index (χ0) is 35.4. The quantitative estimate of drug-likeness (QED) is 0.181. The third kappa shape index (κ3) is 5.52. The van der Waals surface area contributed by atoms with Crippen molar-refractivity contribution in [2.75, 3.05) is 0 Å². The Hall–Kier alpha value is -6.11. The van der Waals surface area contributed by atoms with Crippen LogP contribution in [0.25, 0.3) is 61.7 Å². The van der Waals surface area contributed by atoms with Crippen LogP contribution in [0.5, 0.6) is 0 Å². The zero-order valence-corrected chi connectivity index (χ0v) is 29.4. The first kappa shape index (κ1) is 31.8. The van der Waals surface area contributed by atoms with Crippen LogP contribution in [-0.4, -0.2) is 19.5 Å². The number of hydrogen-bond acceptors (Lipinski definition) is 5. The molecule has 9 rings (SSSR count). The van der Waals surface area contributed by atoms with Gasteiger partial charge in [0.25, 0.3) is 0 Å². The second-order valence-corrected chi connectivity index (χ2v) is 15.3. The topological polar surface area (TPSA) is 91.2 Å². The Balaban J connectivity index is 1.25. The molecular weight excluding hydrogens is 637 g/mol. The highest BCUT2D eigenvalue weighted by molar-refractivity contribution is 6.10. The summed E-state index contributed by atoms with van der Waals surface area (Å²) >= 11 is 0. The van der Waals surface area contributed by atoms with E-state index in [-0.39, 0.29) is 5.41 Å². The molecule has 2 fully saturated rings. The van der Waals surface area contributed by atoms with Gasteiger partial charge in [-0.1, -0.05) is 62.4 Å². The van der Waals surface area contributed by atoms with Gasteiger partial charge >= 0.3 is 0 Å². The summed E-state index contributed by atoms with van der Waals surface area (Å²) in [6.45, 7) is 4.90. The third-order valence-corrected chi connectivity index (χ3v) is 11.5. The predicted molar refractivity (Wildman–Crippen MR) is 206 cm³/mol. The largest absolute Gasteiger partial charge is 0.309 e. The van der Waals surface area contributed by atoms with Gasteiger partial charge in [0.05, 0.1) is 34.3 Å². The molecule has 2 unspecified atom stereocenters. The van der Waals surface area contributed by atoms with Crippen molar-refractivity contribution in [3.63, 3.8) is 0 Å². The van der Waals surface area contributed by atoms with Crippen molar-refractivity contribution >= 4 is 21.8 Å². The van der Waals surface area contributed by atoms with Crippen molar-refractivity contribution in [2.24, 2.45) is 17.8 Å². The van der Waals surface area contributed by atoms with Crippen LogP contribution in [0, 0.1) is 40.4 Å². The highest BCUT2D eigenvalue weighted by atomic mass is 15.0. The molecular formula is C46H38N6. The molecule has 2 aliphatic rings. The van der Waals surface area contributed by atoms with E-state index >= 15 is 0 Å². The molecule has 52 heavy (non-hydrogen) atoms. The van der Waals surface area contributed by atoms with Crippen molar-refractivity contribution in [2.45, 2.75) is 51.4 Å². The summed E-state index contributed by atoms with van der Waals surface area (Å²) in [5.41, 5.74) is 8.70. The van der Waals surface area contributed by atoms with E-state index in [4.69, 9.17) is 15.0 Å². The van der Waals surface area contributed by atoms with Crippen LogP contribution in [0.2, 0.25) is 0 Å². The van der Waals surface area contributed by atoms with Gasteiger partial charge in [0.2, 0.25) is 0 Å². The van der Waals surface area contributed by atoms with Crippen LogP contribution < -0.4 is 0 Å². The van der Waals surface area contributed by atoms with Crippen molar-refractivity contribution in [3.05, 3.63) is 132 Å². The number of benzene rings is 5. The first-order valence-corrected chi connectivity index (χ1v) is 18.3. The lowest BCUT2D eigenvalue weighted by Crippen LogP contribution is -2.42.